The van der Waals surface area contributed by atoms with Crippen molar-refractivity contribution in [3.05, 3.63) is 30.6 Å². The Kier molecular flexibility index (Phi) is 7.99. The smallest absolute Gasteiger partial charge is 0.245 e. The van der Waals surface area contributed by atoms with Crippen LogP contribution in [0.4, 0.5) is 11.6 Å². The van der Waals surface area contributed by atoms with E-state index in [4.69, 9.17) is 14.7 Å². The van der Waals surface area contributed by atoms with Gasteiger partial charge in [0.1, 0.15) is 11.3 Å². The number of hydrogen-bond donors (Lipinski definition) is 4. The van der Waals surface area contributed by atoms with E-state index in [0.717, 1.165) is 37.1 Å². The van der Waals surface area contributed by atoms with Crippen molar-refractivity contribution in [2.75, 3.05) is 11.9 Å². The van der Waals surface area contributed by atoms with Crippen LogP contribution in [0.2, 0.25) is 0 Å². The largest absolute Gasteiger partial charge is 0.494 e. The lowest BCUT2D eigenvalue weighted by molar-refractivity contribution is -0.129. The van der Waals surface area contributed by atoms with E-state index in [-0.39, 0.29) is 12.0 Å². The van der Waals surface area contributed by atoms with Gasteiger partial charge in [-0.05, 0) is 51.0 Å². The number of amides is 1. The summed E-state index contributed by atoms with van der Waals surface area (Å²) in [5.74, 6) is 1.29. The molecule has 0 spiro atoms. The molecule has 166 valence electrons. The van der Waals surface area contributed by atoms with E-state index >= 15 is 0 Å². The molecule has 0 unspecified atom stereocenters. The van der Waals surface area contributed by atoms with Gasteiger partial charge in [0.15, 0.2) is 5.65 Å². The second-order valence-electron chi connectivity index (χ2n) is 7.32. The fourth-order valence-electron chi connectivity index (χ4n) is 2.92. The number of carbonyl (C=O) groups excluding carboxylic acids is 1. The predicted molar refractivity (Wildman–Crippen MR) is 116 cm³/mol. The number of hydrogen-bond acceptors (Lipinski definition) is 8. The maximum absolute atomic E-state index is 10.9. The molecule has 0 aliphatic carbocycles. The van der Waals surface area contributed by atoms with Crippen molar-refractivity contribution < 1.29 is 19.5 Å². The Morgan fingerprint density at radius 1 is 1.13 bits per heavy atom. The number of aromatic nitrogens is 4. The first kappa shape index (κ1) is 22.3. The third kappa shape index (κ3) is 6.82. The summed E-state index contributed by atoms with van der Waals surface area (Å²) in [6.45, 7) is 4.48. The van der Waals surface area contributed by atoms with Crippen LogP contribution in [0.5, 0.6) is 11.6 Å². The van der Waals surface area contributed by atoms with E-state index in [1.54, 1.807) is 11.8 Å². The number of aromatic amines is 1. The first-order valence-corrected chi connectivity index (χ1v) is 10.4. The second-order valence-corrected chi connectivity index (χ2v) is 7.32. The molecule has 2 aromatic heterocycles. The zero-order valence-electron chi connectivity index (χ0n) is 17.7. The molecule has 10 nitrogen and oxygen atoms in total. The monoisotopic (exact) mass is 428 g/mol. The van der Waals surface area contributed by atoms with Crippen LogP contribution >= 0.6 is 0 Å². The molecule has 3 rings (SSSR count). The highest BCUT2D eigenvalue weighted by atomic mass is 16.5. The number of anilines is 2. The van der Waals surface area contributed by atoms with Crippen LogP contribution in [0.1, 0.15) is 46.0 Å². The summed E-state index contributed by atoms with van der Waals surface area (Å²) in [5.41, 5.74) is 3.66. The number of carbonyl (C=O) groups is 1. The van der Waals surface area contributed by atoms with Gasteiger partial charge in [0.2, 0.25) is 17.7 Å². The summed E-state index contributed by atoms with van der Waals surface area (Å²) in [7, 11) is 0. The Bertz CT molecular complexity index is 974. The zero-order valence-corrected chi connectivity index (χ0v) is 17.7. The van der Waals surface area contributed by atoms with Gasteiger partial charge in [0.05, 0.1) is 19.0 Å². The molecule has 0 saturated carbocycles. The SMILES string of the molecule is CC(C)Oc1nc(Nc2ccc(OCCCCCCC(=O)NO)cc2)nc2nc[nH]c12. The van der Waals surface area contributed by atoms with Gasteiger partial charge in [0.25, 0.3) is 0 Å². The number of H-pyrrole nitrogens is 1. The normalized spacial score (nSPS) is 11.0. The number of benzene rings is 1. The lowest BCUT2D eigenvalue weighted by Gasteiger charge is -2.11. The van der Waals surface area contributed by atoms with Gasteiger partial charge in [-0.2, -0.15) is 9.97 Å². The summed E-state index contributed by atoms with van der Waals surface area (Å²) in [5, 5.41) is 11.6. The number of nitrogens with zero attached hydrogens (tertiary/aromatic N) is 3. The lowest BCUT2D eigenvalue weighted by atomic mass is 10.1. The molecule has 0 aliphatic heterocycles. The van der Waals surface area contributed by atoms with Crippen molar-refractivity contribution in [3.63, 3.8) is 0 Å². The zero-order chi connectivity index (χ0) is 22.1. The Hall–Kier alpha value is -3.40. The molecule has 0 atom stereocenters. The molecule has 1 amide bonds. The molecule has 4 N–H and O–H groups in total. The van der Waals surface area contributed by atoms with Gasteiger partial charge in [-0.1, -0.05) is 12.8 Å². The minimum absolute atomic E-state index is 0.0225. The number of hydroxylamine groups is 1. The van der Waals surface area contributed by atoms with E-state index < -0.39 is 0 Å². The van der Waals surface area contributed by atoms with Crippen molar-refractivity contribution >= 4 is 28.7 Å². The van der Waals surface area contributed by atoms with E-state index in [1.165, 1.54) is 0 Å². The summed E-state index contributed by atoms with van der Waals surface area (Å²) in [6.07, 6.45) is 5.42. The van der Waals surface area contributed by atoms with Crippen LogP contribution in [0.3, 0.4) is 0 Å². The van der Waals surface area contributed by atoms with Gasteiger partial charge >= 0.3 is 0 Å². The number of ether oxygens (including phenoxy) is 2. The number of nitrogens with one attached hydrogen (secondary N) is 3. The predicted octanol–water partition coefficient (Wildman–Crippen LogP) is 3.72. The maximum Gasteiger partial charge on any atom is 0.245 e. The van der Waals surface area contributed by atoms with Gasteiger partial charge in [-0.15, -0.1) is 0 Å². The topological polar surface area (TPSA) is 134 Å². The van der Waals surface area contributed by atoms with E-state index in [1.807, 2.05) is 38.1 Å². The summed E-state index contributed by atoms with van der Waals surface area (Å²) in [6, 6.07) is 7.55. The minimum atomic E-state index is -0.344. The Morgan fingerprint density at radius 3 is 2.65 bits per heavy atom. The molecule has 0 radical (unpaired) electrons. The fraction of sp³-hybridized carbons (Fsp3) is 0.429. The average Bonchev–Trinajstić information content (AvgIpc) is 3.22. The molecule has 0 aliphatic rings. The molecule has 3 aromatic rings. The van der Waals surface area contributed by atoms with E-state index in [0.29, 0.717) is 36.0 Å². The first-order valence-electron chi connectivity index (χ1n) is 10.4. The van der Waals surface area contributed by atoms with Crippen LogP contribution in [0.25, 0.3) is 11.2 Å². The van der Waals surface area contributed by atoms with Gasteiger partial charge in [-0.3, -0.25) is 10.0 Å². The van der Waals surface area contributed by atoms with Crippen molar-refractivity contribution in [2.24, 2.45) is 0 Å². The Balaban J connectivity index is 1.48. The van der Waals surface area contributed by atoms with E-state index in [2.05, 4.69) is 25.3 Å². The Morgan fingerprint density at radius 2 is 1.90 bits per heavy atom. The molecule has 1 aromatic carbocycles. The van der Waals surface area contributed by atoms with Crippen LogP contribution in [0, 0.1) is 0 Å². The number of imidazole rings is 1. The molecule has 0 bridgehead atoms. The summed E-state index contributed by atoms with van der Waals surface area (Å²) >= 11 is 0. The van der Waals surface area contributed by atoms with E-state index in [9.17, 15) is 4.79 Å². The molecule has 0 fully saturated rings. The van der Waals surface area contributed by atoms with Gasteiger partial charge in [0, 0.05) is 12.1 Å². The van der Waals surface area contributed by atoms with Crippen LogP contribution in [-0.2, 0) is 4.79 Å². The van der Waals surface area contributed by atoms with Crippen molar-refractivity contribution in [3.8, 4) is 11.6 Å². The van der Waals surface area contributed by atoms with Gasteiger partial charge < -0.3 is 19.8 Å². The number of rotatable bonds is 12. The second kappa shape index (κ2) is 11.1. The number of fused-ring (bicyclic) bond motifs is 1. The van der Waals surface area contributed by atoms with Crippen molar-refractivity contribution in [1.82, 2.24) is 25.4 Å². The van der Waals surface area contributed by atoms with Crippen LogP contribution in [0.15, 0.2) is 30.6 Å². The highest BCUT2D eigenvalue weighted by Gasteiger charge is 2.12. The van der Waals surface area contributed by atoms with Crippen molar-refractivity contribution in [1.29, 1.82) is 0 Å². The highest BCUT2D eigenvalue weighted by molar-refractivity contribution is 5.77. The average molecular weight is 428 g/mol. The first-order chi connectivity index (χ1) is 15.0. The van der Waals surface area contributed by atoms with Crippen molar-refractivity contribution in [2.45, 2.75) is 52.1 Å². The molecule has 0 saturated heterocycles. The number of unbranched alkanes of at least 4 members (excludes halogenated alkanes) is 3. The summed E-state index contributed by atoms with van der Waals surface area (Å²) in [4.78, 5) is 27.0. The molecular formula is C21H28N6O4. The summed E-state index contributed by atoms with van der Waals surface area (Å²) < 4.78 is 11.5. The molecular weight excluding hydrogens is 400 g/mol. The standard InChI is InChI=1S/C21H28N6O4/c1-14(2)31-20-18-19(23-13-22-18)25-21(26-20)24-15-8-10-16(11-9-15)30-12-6-4-3-5-7-17(28)27-29/h8-11,13-14,29H,3-7,12H2,1-2H3,(H,27,28)(H2,22,23,24,25,26). The van der Waals surface area contributed by atoms with Gasteiger partial charge in [-0.25, -0.2) is 10.5 Å². The van der Waals surface area contributed by atoms with Crippen LogP contribution in [-0.4, -0.2) is 43.8 Å². The minimum Gasteiger partial charge on any atom is -0.494 e. The Labute approximate surface area is 180 Å². The molecule has 10 heteroatoms. The van der Waals surface area contributed by atoms with Crippen LogP contribution < -0.4 is 20.3 Å². The highest BCUT2D eigenvalue weighted by Crippen LogP contribution is 2.24. The third-order valence-electron chi connectivity index (χ3n) is 4.40. The maximum atomic E-state index is 10.9. The molecule has 31 heavy (non-hydrogen) atoms. The fourth-order valence-corrected chi connectivity index (χ4v) is 2.92. The third-order valence-corrected chi connectivity index (χ3v) is 4.40. The quantitative estimate of drug-likeness (QED) is 0.195. The lowest BCUT2D eigenvalue weighted by Crippen LogP contribution is -2.17. The molecule has 2 heterocycles.